The Balaban J connectivity index is 1.55. The van der Waals surface area contributed by atoms with E-state index < -0.39 is 47.2 Å². The molecule has 0 amide bonds. The second kappa shape index (κ2) is 7.54. The van der Waals surface area contributed by atoms with E-state index in [0.717, 1.165) is 22.2 Å². The standard InChI is InChI=1S/C22H18F6N2O2/c23-21(24,25)13-7-12(8-14(9-13)22(26,27)28)11-32-19(31)20(29)6-5-18-16(10-20)15-3-1-2-4-17(15)30-18/h1-4,7-9,30H,5-6,10-11,29H2. The topological polar surface area (TPSA) is 68.1 Å². The van der Waals surface area contributed by atoms with Crippen LogP contribution in [0, 0.1) is 0 Å². The third-order valence-corrected chi connectivity index (χ3v) is 5.64. The Morgan fingerprint density at radius 1 is 1.03 bits per heavy atom. The van der Waals surface area contributed by atoms with Gasteiger partial charge in [0, 0.05) is 23.0 Å². The van der Waals surface area contributed by atoms with E-state index in [0.29, 0.717) is 18.6 Å². The molecule has 170 valence electrons. The molecule has 0 fully saturated rings. The zero-order chi connectivity index (χ0) is 23.3. The summed E-state index contributed by atoms with van der Waals surface area (Å²) < 4.78 is 83.3. The van der Waals surface area contributed by atoms with Gasteiger partial charge in [-0.2, -0.15) is 26.3 Å². The maximum absolute atomic E-state index is 13.0. The van der Waals surface area contributed by atoms with Crippen LogP contribution in [0.25, 0.3) is 10.9 Å². The molecular formula is C22H18F6N2O2. The fraction of sp³-hybridized carbons (Fsp3) is 0.318. The van der Waals surface area contributed by atoms with Gasteiger partial charge >= 0.3 is 18.3 Å². The third kappa shape index (κ3) is 4.19. The minimum Gasteiger partial charge on any atom is -0.459 e. The lowest BCUT2D eigenvalue weighted by molar-refractivity contribution is -0.152. The second-order valence-electron chi connectivity index (χ2n) is 7.95. The van der Waals surface area contributed by atoms with E-state index in [2.05, 4.69) is 4.98 Å². The molecule has 1 aromatic heterocycles. The van der Waals surface area contributed by atoms with E-state index in [1.54, 1.807) is 0 Å². The van der Waals surface area contributed by atoms with Gasteiger partial charge in [0.15, 0.2) is 0 Å². The predicted octanol–water partition coefficient (Wildman–Crippen LogP) is 5.14. The molecule has 0 spiro atoms. The minimum atomic E-state index is -4.98. The molecule has 4 rings (SSSR count). The number of benzene rings is 2. The van der Waals surface area contributed by atoms with E-state index in [1.807, 2.05) is 24.3 Å². The summed E-state index contributed by atoms with van der Waals surface area (Å²) in [6.45, 7) is -0.758. The fourth-order valence-electron chi connectivity index (χ4n) is 3.99. The van der Waals surface area contributed by atoms with Crippen molar-refractivity contribution in [3.63, 3.8) is 0 Å². The molecule has 1 aliphatic rings. The van der Waals surface area contributed by atoms with Crippen molar-refractivity contribution < 1.29 is 35.9 Å². The highest BCUT2D eigenvalue weighted by Crippen LogP contribution is 2.37. The van der Waals surface area contributed by atoms with Gasteiger partial charge in [-0.25, -0.2) is 0 Å². The van der Waals surface area contributed by atoms with Crippen LogP contribution < -0.4 is 5.73 Å². The number of para-hydroxylation sites is 1. The summed E-state index contributed by atoms with van der Waals surface area (Å²) in [4.78, 5) is 16.0. The molecule has 3 aromatic rings. The third-order valence-electron chi connectivity index (χ3n) is 5.64. The number of carbonyl (C=O) groups is 1. The summed E-state index contributed by atoms with van der Waals surface area (Å²) in [7, 11) is 0. The Labute approximate surface area is 178 Å². The number of alkyl halides is 6. The number of esters is 1. The van der Waals surface area contributed by atoms with Crippen LogP contribution in [0.4, 0.5) is 26.3 Å². The highest BCUT2D eigenvalue weighted by Gasteiger charge is 2.41. The molecular weight excluding hydrogens is 438 g/mol. The SMILES string of the molecule is NC1(C(=O)OCc2cc(C(F)(F)F)cc(C(F)(F)F)c2)CCc2[nH]c3ccccc3c2C1. The molecule has 1 atom stereocenters. The van der Waals surface area contributed by atoms with Crippen LogP contribution in [0.2, 0.25) is 0 Å². The number of carbonyl (C=O) groups excluding carboxylic acids is 1. The molecule has 10 heteroatoms. The Bertz CT molecular complexity index is 1150. The molecule has 0 aliphatic heterocycles. The Morgan fingerprint density at radius 3 is 2.28 bits per heavy atom. The molecule has 2 aromatic carbocycles. The van der Waals surface area contributed by atoms with E-state index >= 15 is 0 Å². The number of fused-ring (bicyclic) bond motifs is 3. The van der Waals surface area contributed by atoms with Crippen molar-refractivity contribution in [2.75, 3.05) is 0 Å². The Kier molecular flexibility index (Phi) is 5.23. The molecule has 3 N–H and O–H groups in total. The predicted molar refractivity (Wildman–Crippen MR) is 103 cm³/mol. The van der Waals surface area contributed by atoms with Gasteiger partial charge in [-0.3, -0.25) is 4.79 Å². The largest absolute Gasteiger partial charge is 0.459 e. The molecule has 1 heterocycles. The van der Waals surface area contributed by atoms with Crippen molar-refractivity contribution in [2.45, 2.75) is 43.8 Å². The van der Waals surface area contributed by atoms with Gasteiger partial charge in [0.1, 0.15) is 12.1 Å². The first-order valence-electron chi connectivity index (χ1n) is 9.70. The molecule has 0 saturated carbocycles. The average molecular weight is 456 g/mol. The number of aromatic nitrogens is 1. The Hall–Kier alpha value is -3.01. The number of aromatic amines is 1. The maximum Gasteiger partial charge on any atom is 0.416 e. The molecule has 1 unspecified atom stereocenters. The number of aryl methyl sites for hydroxylation is 1. The number of hydrogen-bond acceptors (Lipinski definition) is 3. The quantitative estimate of drug-likeness (QED) is 0.424. The van der Waals surface area contributed by atoms with Gasteiger partial charge in [-0.05, 0) is 48.2 Å². The zero-order valence-corrected chi connectivity index (χ0v) is 16.5. The summed E-state index contributed by atoms with van der Waals surface area (Å²) in [5.41, 5.74) is 4.16. The normalized spacial score (nSPS) is 19.1. The second-order valence-corrected chi connectivity index (χ2v) is 7.95. The van der Waals surface area contributed by atoms with Gasteiger partial charge < -0.3 is 15.5 Å². The van der Waals surface area contributed by atoms with E-state index in [1.165, 1.54) is 0 Å². The summed E-state index contributed by atoms with van der Waals surface area (Å²) in [5.74, 6) is -0.876. The van der Waals surface area contributed by atoms with Crippen LogP contribution >= 0.6 is 0 Å². The monoisotopic (exact) mass is 456 g/mol. The first kappa shape index (κ1) is 22.2. The number of nitrogens with one attached hydrogen (secondary N) is 1. The molecule has 32 heavy (non-hydrogen) atoms. The first-order chi connectivity index (χ1) is 14.9. The molecule has 4 nitrogen and oxygen atoms in total. The van der Waals surface area contributed by atoms with E-state index in [-0.39, 0.29) is 18.9 Å². The fourth-order valence-corrected chi connectivity index (χ4v) is 3.99. The summed E-state index contributed by atoms with van der Waals surface area (Å²) in [6, 6.07) is 8.55. The van der Waals surface area contributed by atoms with Gasteiger partial charge in [-0.15, -0.1) is 0 Å². The van der Waals surface area contributed by atoms with Crippen molar-refractivity contribution in [1.82, 2.24) is 4.98 Å². The van der Waals surface area contributed by atoms with Crippen LogP contribution in [0.15, 0.2) is 42.5 Å². The molecule has 0 bridgehead atoms. The van der Waals surface area contributed by atoms with Crippen molar-refractivity contribution in [3.8, 4) is 0 Å². The van der Waals surface area contributed by atoms with E-state index in [4.69, 9.17) is 10.5 Å². The molecule has 0 radical (unpaired) electrons. The number of ether oxygens (including phenoxy) is 1. The number of rotatable bonds is 3. The summed E-state index contributed by atoms with van der Waals surface area (Å²) >= 11 is 0. The maximum atomic E-state index is 13.0. The molecule has 1 aliphatic carbocycles. The van der Waals surface area contributed by atoms with Crippen molar-refractivity contribution in [3.05, 3.63) is 70.4 Å². The number of nitrogens with two attached hydrogens (primary N) is 1. The van der Waals surface area contributed by atoms with Crippen molar-refractivity contribution in [1.29, 1.82) is 0 Å². The summed E-state index contributed by atoms with van der Waals surface area (Å²) in [6.07, 6.45) is -9.14. The highest BCUT2D eigenvalue weighted by atomic mass is 19.4. The first-order valence-corrected chi connectivity index (χ1v) is 9.70. The van der Waals surface area contributed by atoms with Crippen molar-refractivity contribution >= 4 is 16.9 Å². The van der Waals surface area contributed by atoms with Gasteiger partial charge in [-0.1, -0.05) is 18.2 Å². The highest BCUT2D eigenvalue weighted by molar-refractivity contribution is 5.88. The van der Waals surface area contributed by atoms with E-state index in [9.17, 15) is 31.1 Å². The average Bonchev–Trinajstić information content (AvgIpc) is 3.08. The van der Waals surface area contributed by atoms with Crippen LogP contribution in [-0.2, 0) is 41.3 Å². The van der Waals surface area contributed by atoms with Crippen LogP contribution in [-0.4, -0.2) is 16.5 Å². The van der Waals surface area contributed by atoms with Crippen molar-refractivity contribution in [2.24, 2.45) is 5.73 Å². The summed E-state index contributed by atoms with van der Waals surface area (Å²) in [5, 5.41) is 0.900. The smallest absolute Gasteiger partial charge is 0.416 e. The van der Waals surface area contributed by atoms with Crippen LogP contribution in [0.3, 0.4) is 0 Å². The van der Waals surface area contributed by atoms with Crippen LogP contribution in [0.1, 0.15) is 34.4 Å². The zero-order valence-electron chi connectivity index (χ0n) is 16.5. The lowest BCUT2D eigenvalue weighted by Gasteiger charge is -2.31. The minimum absolute atomic E-state index is 0.0232. The Morgan fingerprint density at radius 2 is 1.66 bits per heavy atom. The number of H-pyrrole nitrogens is 1. The van der Waals surface area contributed by atoms with Gasteiger partial charge in [0.25, 0.3) is 0 Å². The van der Waals surface area contributed by atoms with Gasteiger partial charge in [0.05, 0.1) is 11.1 Å². The van der Waals surface area contributed by atoms with Crippen LogP contribution in [0.5, 0.6) is 0 Å². The number of hydrogen-bond donors (Lipinski definition) is 2. The lowest BCUT2D eigenvalue weighted by Crippen LogP contribution is -2.53. The lowest BCUT2D eigenvalue weighted by atomic mass is 9.80. The van der Waals surface area contributed by atoms with Gasteiger partial charge in [0.2, 0.25) is 0 Å². The number of halogens is 6. The molecule has 0 saturated heterocycles.